The summed E-state index contributed by atoms with van der Waals surface area (Å²) in [5, 5.41) is 0. The highest BCUT2D eigenvalue weighted by molar-refractivity contribution is 8.22. The highest BCUT2D eigenvalue weighted by atomic mass is 32.2. The van der Waals surface area contributed by atoms with Crippen LogP contribution in [0.3, 0.4) is 0 Å². The van der Waals surface area contributed by atoms with Crippen molar-refractivity contribution in [2.75, 3.05) is 11.0 Å². The molecule has 1 aromatic carbocycles. The minimum atomic E-state index is -5.45. The number of nitrogens with one attached hydrogen (secondary N) is 1. The highest BCUT2D eigenvalue weighted by Crippen LogP contribution is 2.27. The molecule has 19 heavy (non-hydrogen) atoms. The van der Waals surface area contributed by atoms with Gasteiger partial charge in [-0.15, -0.1) is 0 Å². The average molecular weight is 331 g/mol. The number of alkyl halides is 3. The Hall–Kier alpha value is -1.00. The molecular formula is C9H8F3NO3S3. The van der Waals surface area contributed by atoms with Crippen LogP contribution in [0.2, 0.25) is 0 Å². The Morgan fingerprint density at radius 3 is 2.58 bits per heavy atom. The second kappa shape index (κ2) is 5.97. The van der Waals surface area contributed by atoms with Gasteiger partial charge < -0.3 is 4.74 Å². The summed E-state index contributed by atoms with van der Waals surface area (Å²) in [5.41, 5.74) is -5.64. The molecule has 0 aliphatic carbocycles. The van der Waals surface area contributed by atoms with Crippen LogP contribution in [0.25, 0.3) is 0 Å². The van der Waals surface area contributed by atoms with E-state index in [-0.39, 0.29) is 15.8 Å². The van der Waals surface area contributed by atoms with Gasteiger partial charge in [0.2, 0.25) is 4.38 Å². The molecule has 1 N–H and O–H groups in total. The molecule has 0 aliphatic rings. The molecular weight excluding hydrogens is 323 g/mol. The maximum Gasteiger partial charge on any atom is 0.516 e. The van der Waals surface area contributed by atoms with Crippen LogP contribution in [0.5, 0.6) is 5.75 Å². The molecule has 1 aromatic rings. The van der Waals surface area contributed by atoms with Gasteiger partial charge in [0.15, 0.2) is 0 Å². The zero-order chi connectivity index (χ0) is 14.7. The molecule has 106 valence electrons. The van der Waals surface area contributed by atoms with Gasteiger partial charge >= 0.3 is 15.5 Å². The van der Waals surface area contributed by atoms with Crippen molar-refractivity contribution in [3.05, 3.63) is 24.3 Å². The smallest absolute Gasteiger partial charge is 0.440 e. The van der Waals surface area contributed by atoms with Crippen molar-refractivity contribution in [2.45, 2.75) is 5.51 Å². The summed E-state index contributed by atoms with van der Waals surface area (Å²) in [6.45, 7) is 0. The standard InChI is InChI=1S/C9H8F3NO3S3/c1-18-8(17)16-7-4-2-3-6(5-7)13-19(14,15)9(10,11)12/h2-5,13H,1H3. The normalized spacial score (nSPS) is 12.0. The van der Waals surface area contributed by atoms with Crippen LogP contribution in [0.4, 0.5) is 18.9 Å². The molecule has 10 heteroatoms. The Balaban J connectivity index is 2.92. The van der Waals surface area contributed by atoms with Gasteiger partial charge in [-0.3, -0.25) is 4.72 Å². The Bertz CT molecular complexity index is 572. The Morgan fingerprint density at radius 1 is 1.42 bits per heavy atom. The van der Waals surface area contributed by atoms with Gasteiger partial charge in [-0.2, -0.15) is 21.6 Å². The minimum Gasteiger partial charge on any atom is -0.440 e. The fourth-order valence-electron chi connectivity index (χ4n) is 0.974. The molecule has 0 aliphatic heterocycles. The largest absolute Gasteiger partial charge is 0.516 e. The van der Waals surface area contributed by atoms with Crippen molar-refractivity contribution in [1.29, 1.82) is 0 Å². The van der Waals surface area contributed by atoms with E-state index in [1.54, 1.807) is 6.26 Å². The summed E-state index contributed by atoms with van der Waals surface area (Å²) < 4.78 is 65.0. The second-order valence-electron chi connectivity index (χ2n) is 3.14. The fraction of sp³-hybridized carbons (Fsp3) is 0.222. The summed E-state index contributed by atoms with van der Waals surface area (Å²) in [5.74, 6) is 0.140. The predicted octanol–water partition coefficient (Wildman–Crippen LogP) is 2.97. The van der Waals surface area contributed by atoms with E-state index in [0.29, 0.717) is 0 Å². The number of benzene rings is 1. The first-order chi connectivity index (χ1) is 8.65. The van der Waals surface area contributed by atoms with E-state index >= 15 is 0 Å². The number of halogens is 3. The molecule has 1 rings (SSSR count). The first-order valence-corrected chi connectivity index (χ1v) is 7.72. The van der Waals surface area contributed by atoms with E-state index in [1.165, 1.54) is 16.9 Å². The highest BCUT2D eigenvalue weighted by Gasteiger charge is 2.46. The summed E-state index contributed by atoms with van der Waals surface area (Å²) in [7, 11) is -5.45. The van der Waals surface area contributed by atoms with Gasteiger partial charge in [-0.25, -0.2) is 0 Å². The van der Waals surface area contributed by atoms with Crippen LogP contribution >= 0.6 is 24.0 Å². The molecule has 0 saturated heterocycles. The van der Waals surface area contributed by atoms with Gasteiger partial charge in [-0.1, -0.05) is 17.8 Å². The zero-order valence-corrected chi connectivity index (χ0v) is 11.8. The molecule has 4 nitrogen and oxygen atoms in total. The van der Waals surface area contributed by atoms with Gasteiger partial charge in [0.1, 0.15) is 5.75 Å². The maximum absolute atomic E-state index is 12.2. The van der Waals surface area contributed by atoms with E-state index < -0.39 is 15.5 Å². The van der Waals surface area contributed by atoms with Crippen molar-refractivity contribution in [3.63, 3.8) is 0 Å². The van der Waals surface area contributed by atoms with Crippen molar-refractivity contribution >= 4 is 44.1 Å². The SMILES string of the molecule is CSC(=S)Oc1cccc(NS(=O)(=O)C(F)(F)F)c1. The lowest BCUT2D eigenvalue weighted by Gasteiger charge is -2.11. The van der Waals surface area contributed by atoms with Crippen LogP contribution in [-0.4, -0.2) is 24.6 Å². The number of thiocarbonyl (C=S) groups is 1. The van der Waals surface area contributed by atoms with E-state index in [9.17, 15) is 21.6 Å². The lowest BCUT2D eigenvalue weighted by molar-refractivity contribution is -0.0429. The number of rotatable bonds is 3. The van der Waals surface area contributed by atoms with E-state index in [4.69, 9.17) is 17.0 Å². The summed E-state index contributed by atoms with van der Waals surface area (Å²) >= 11 is 5.91. The quantitative estimate of drug-likeness (QED) is 0.863. The number of anilines is 1. The summed E-state index contributed by atoms with van der Waals surface area (Å²) in [4.78, 5) is 0. The van der Waals surface area contributed by atoms with E-state index in [0.717, 1.165) is 23.9 Å². The molecule has 0 radical (unpaired) electrons. The maximum atomic E-state index is 12.2. The molecule has 0 saturated carbocycles. The van der Waals surface area contributed by atoms with Crippen LogP contribution in [0, 0.1) is 0 Å². The third kappa shape index (κ3) is 4.55. The van der Waals surface area contributed by atoms with Crippen LogP contribution < -0.4 is 9.46 Å². The first-order valence-electron chi connectivity index (χ1n) is 4.60. The molecule has 0 amide bonds. The first kappa shape index (κ1) is 16.1. The number of sulfonamides is 1. The summed E-state index contributed by atoms with van der Waals surface area (Å²) in [6, 6.07) is 5.05. The molecule has 0 bridgehead atoms. The van der Waals surface area contributed by atoms with E-state index in [2.05, 4.69) is 0 Å². The molecule has 0 fully saturated rings. The van der Waals surface area contributed by atoms with Crippen LogP contribution in [0.15, 0.2) is 24.3 Å². The Labute approximate surface area is 117 Å². The zero-order valence-electron chi connectivity index (χ0n) is 9.39. The molecule has 0 spiro atoms. The minimum absolute atomic E-state index is 0.140. The van der Waals surface area contributed by atoms with Crippen LogP contribution in [0.1, 0.15) is 0 Å². The van der Waals surface area contributed by atoms with Crippen molar-refractivity contribution < 1.29 is 26.3 Å². The van der Waals surface area contributed by atoms with Crippen molar-refractivity contribution in [1.82, 2.24) is 0 Å². The predicted molar refractivity (Wildman–Crippen MR) is 71.8 cm³/mol. The van der Waals surface area contributed by atoms with Gasteiger partial charge in [-0.05, 0) is 30.6 Å². The Morgan fingerprint density at radius 2 is 2.05 bits per heavy atom. The second-order valence-corrected chi connectivity index (χ2v) is 6.22. The average Bonchev–Trinajstić information content (AvgIpc) is 2.27. The lowest BCUT2D eigenvalue weighted by atomic mass is 10.3. The number of thioether (sulfide) groups is 1. The lowest BCUT2D eigenvalue weighted by Crippen LogP contribution is -2.29. The van der Waals surface area contributed by atoms with E-state index in [1.807, 2.05) is 0 Å². The molecule has 0 heterocycles. The monoisotopic (exact) mass is 331 g/mol. The third-order valence-corrected chi connectivity index (χ3v) is 3.87. The Kier molecular flexibility index (Phi) is 5.04. The number of ether oxygens (including phenoxy) is 1. The van der Waals surface area contributed by atoms with Crippen LogP contribution in [-0.2, 0) is 10.0 Å². The number of hydrogen-bond donors (Lipinski definition) is 1. The van der Waals surface area contributed by atoms with Crippen molar-refractivity contribution in [2.24, 2.45) is 0 Å². The number of hydrogen-bond acceptors (Lipinski definition) is 5. The topological polar surface area (TPSA) is 55.4 Å². The third-order valence-electron chi connectivity index (χ3n) is 1.76. The molecule has 0 atom stereocenters. The molecule has 0 aromatic heterocycles. The summed E-state index contributed by atoms with van der Waals surface area (Å²) in [6.07, 6.45) is 1.67. The van der Waals surface area contributed by atoms with Gasteiger partial charge in [0.25, 0.3) is 0 Å². The molecule has 0 unspecified atom stereocenters. The van der Waals surface area contributed by atoms with Gasteiger partial charge in [0, 0.05) is 6.07 Å². The fourth-order valence-corrected chi connectivity index (χ4v) is 1.80. The van der Waals surface area contributed by atoms with Crippen molar-refractivity contribution in [3.8, 4) is 5.75 Å². The van der Waals surface area contributed by atoms with Gasteiger partial charge in [0.05, 0.1) is 5.69 Å².